The summed E-state index contributed by atoms with van der Waals surface area (Å²) in [5, 5.41) is 3.76. The maximum atomic E-state index is 13.3. The van der Waals surface area contributed by atoms with Crippen LogP contribution in [0.2, 0.25) is 0 Å². The van der Waals surface area contributed by atoms with Crippen LogP contribution < -0.4 is 5.56 Å². The maximum Gasteiger partial charge on any atom is 0.258 e. The standard InChI is InChI=1S/C21H13FN4OS2/c22-14-6-4-13(5-7-14)16-11-29-21-19(16)20(23-12-24-21)28-10-15-9-18(27)26-8-2-1-3-17(26)25-15/h1-9,11-12H,10H2. The van der Waals surface area contributed by atoms with Gasteiger partial charge in [0.25, 0.3) is 5.56 Å². The summed E-state index contributed by atoms with van der Waals surface area (Å²) in [5.74, 6) is 0.235. The third-order valence-corrected chi connectivity index (χ3v) is 6.38. The van der Waals surface area contributed by atoms with Crippen LogP contribution in [0.4, 0.5) is 4.39 Å². The van der Waals surface area contributed by atoms with Crippen LogP contribution >= 0.6 is 23.1 Å². The monoisotopic (exact) mass is 420 g/mol. The lowest BCUT2D eigenvalue weighted by molar-refractivity contribution is 0.628. The molecule has 0 N–H and O–H groups in total. The van der Waals surface area contributed by atoms with Crippen molar-refractivity contribution < 1.29 is 4.39 Å². The maximum absolute atomic E-state index is 13.3. The largest absolute Gasteiger partial charge is 0.269 e. The van der Waals surface area contributed by atoms with E-state index in [1.54, 1.807) is 30.5 Å². The molecule has 8 heteroatoms. The van der Waals surface area contributed by atoms with E-state index in [1.807, 2.05) is 17.5 Å². The number of thiophene rings is 1. The summed E-state index contributed by atoms with van der Waals surface area (Å²) in [4.78, 5) is 26.6. The number of rotatable bonds is 4. The van der Waals surface area contributed by atoms with Gasteiger partial charge in [0.2, 0.25) is 0 Å². The van der Waals surface area contributed by atoms with Gasteiger partial charge in [-0.15, -0.1) is 11.3 Å². The molecular weight excluding hydrogens is 407 g/mol. The van der Waals surface area contributed by atoms with Gasteiger partial charge in [0.1, 0.15) is 27.6 Å². The highest BCUT2D eigenvalue weighted by atomic mass is 32.2. The van der Waals surface area contributed by atoms with Crippen molar-refractivity contribution in [2.45, 2.75) is 10.8 Å². The molecule has 4 aromatic heterocycles. The van der Waals surface area contributed by atoms with E-state index in [4.69, 9.17) is 0 Å². The fraction of sp³-hybridized carbons (Fsp3) is 0.0476. The van der Waals surface area contributed by atoms with Gasteiger partial charge in [0, 0.05) is 29.0 Å². The topological polar surface area (TPSA) is 60.2 Å². The molecule has 29 heavy (non-hydrogen) atoms. The van der Waals surface area contributed by atoms with Crippen molar-refractivity contribution in [2.75, 3.05) is 0 Å². The number of thioether (sulfide) groups is 1. The van der Waals surface area contributed by atoms with Crippen molar-refractivity contribution in [1.82, 2.24) is 19.4 Å². The second-order valence-corrected chi connectivity index (χ2v) is 8.14. The summed E-state index contributed by atoms with van der Waals surface area (Å²) in [5.41, 5.74) is 3.08. The van der Waals surface area contributed by atoms with Crippen LogP contribution in [0, 0.1) is 5.82 Å². The minimum Gasteiger partial charge on any atom is -0.269 e. The van der Waals surface area contributed by atoms with Gasteiger partial charge in [-0.2, -0.15) is 0 Å². The third kappa shape index (κ3) is 3.41. The fourth-order valence-electron chi connectivity index (χ4n) is 3.12. The number of aromatic nitrogens is 4. The molecule has 0 aliphatic rings. The van der Waals surface area contributed by atoms with Crippen LogP contribution in [0.5, 0.6) is 0 Å². The minimum atomic E-state index is -0.271. The Morgan fingerprint density at radius 2 is 1.97 bits per heavy atom. The molecule has 0 aliphatic heterocycles. The van der Waals surface area contributed by atoms with Gasteiger partial charge in [-0.25, -0.2) is 19.3 Å². The van der Waals surface area contributed by atoms with E-state index in [0.29, 0.717) is 17.1 Å². The molecule has 4 heterocycles. The number of pyridine rings is 1. The van der Waals surface area contributed by atoms with Gasteiger partial charge in [-0.1, -0.05) is 30.0 Å². The van der Waals surface area contributed by atoms with E-state index in [1.165, 1.54) is 46.0 Å². The Balaban J connectivity index is 1.52. The summed E-state index contributed by atoms with van der Waals surface area (Å²) >= 11 is 3.03. The molecule has 0 spiro atoms. The Labute approximate surface area is 172 Å². The highest BCUT2D eigenvalue weighted by molar-refractivity contribution is 7.98. The Bertz CT molecular complexity index is 1400. The van der Waals surface area contributed by atoms with Crippen LogP contribution in [0.1, 0.15) is 5.69 Å². The highest BCUT2D eigenvalue weighted by Gasteiger charge is 2.14. The van der Waals surface area contributed by atoms with Crippen LogP contribution in [-0.2, 0) is 5.75 Å². The molecule has 0 aliphatic carbocycles. The van der Waals surface area contributed by atoms with Crippen molar-refractivity contribution in [3.63, 3.8) is 0 Å². The molecule has 5 nitrogen and oxygen atoms in total. The zero-order valence-corrected chi connectivity index (χ0v) is 16.6. The van der Waals surface area contributed by atoms with Crippen LogP contribution in [0.25, 0.3) is 27.0 Å². The minimum absolute atomic E-state index is 0.110. The average Bonchev–Trinajstić information content (AvgIpc) is 3.18. The number of hydrogen-bond acceptors (Lipinski definition) is 6. The number of benzene rings is 1. The molecular formula is C21H13FN4OS2. The molecule has 1 aromatic carbocycles. The molecule has 0 unspecified atom stereocenters. The summed E-state index contributed by atoms with van der Waals surface area (Å²) in [6.45, 7) is 0. The Kier molecular flexibility index (Phi) is 4.57. The van der Waals surface area contributed by atoms with Crippen LogP contribution in [0.3, 0.4) is 0 Å². The smallest absolute Gasteiger partial charge is 0.258 e. The summed E-state index contributed by atoms with van der Waals surface area (Å²) < 4.78 is 14.8. The van der Waals surface area contributed by atoms with E-state index in [9.17, 15) is 9.18 Å². The number of halogens is 1. The summed E-state index contributed by atoms with van der Waals surface area (Å²) in [6.07, 6.45) is 3.24. The van der Waals surface area contributed by atoms with Gasteiger partial charge in [0.05, 0.1) is 11.1 Å². The zero-order chi connectivity index (χ0) is 19.8. The number of fused-ring (bicyclic) bond motifs is 2. The van der Waals surface area contributed by atoms with Gasteiger partial charge in [-0.3, -0.25) is 9.20 Å². The van der Waals surface area contributed by atoms with Gasteiger partial charge < -0.3 is 0 Å². The van der Waals surface area contributed by atoms with E-state index in [0.717, 1.165) is 26.4 Å². The average molecular weight is 420 g/mol. The van der Waals surface area contributed by atoms with Crippen molar-refractivity contribution in [1.29, 1.82) is 0 Å². The molecule has 0 saturated heterocycles. The fourth-order valence-corrected chi connectivity index (χ4v) is 5.00. The van der Waals surface area contributed by atoms with E-state index in [2.05, 4.69) is 15.0 Å². The molecule has 5 rings (SSSR count). The Morgan fingerprint density at radius 3 is 2.83 bits per heavy atom. The molecule has 0 bridgehead atoms. The quantitative estimate of drug-likeness (QED) is 0.309. The van der Waals surface area contributed by atoms with Crippen LogP contribution in [-0.4, -0.2) is 19.4 Å². The number of hydrogen-bond donors (Lipinski definition) is 0. The van der Waals surface area contributed by atoms with E-state index in [-0.39, 0.29) is 11.4 Å². The van der Waals surface area contributed by atoms with Gasteiger partial charge in [0.15, 0.2) is 0 Å². The molecule has 0 radical (unpaired) electrons. The van der Waals surface area contributed by atoms with Gasteiger partial charge >= 0.3 is 0 Å². The normalized spacial score (nSPS) is 11.3. The highest BCUT2D eigenvalue weighted by Crippen LogP contribution is 2.38. The lowest BCUT2D eigenvalue weighted by Crippen LogP contribution is -2.14. The predicted molar refractivity (Wildman–Crippen MR) is 114 cm³/mol. The van der Waals surface area contributed by atoms with E-state index >= 15 is 0 Å². The second kappa shape index (κ2) is 7.38. The third-order valence-electron chi connectivity index (χ3n) is 4.47. The first-order chi connectivity index (χ1) is 14.2. The van der Waals surface area contributed by atoms with Crippen molar-refractivity contribution in [2.24, 2.45) is 0 Å². The molecule has 0 saturated carbocycles. The summed E-state index contributed by atoms with van der Waals surface area (Å²) in [6, 6.07) is 13.4. The zero-order valence-electron chi connectivity index (χ0n) is 14.9. The Hall–Kier alpha value is -3.10. The summed E-state index contributed by atoms with van der Waals surface area (Å²) in [7, 11) is 0. The SMILES string of the molecule is O=c1cc(CSc2ncnc3scc(-c4ccc(F)cc4)c23)nc2ccccn12. The second-order valence-electron chi connectivity index (χ2n) is 6.32. The first kappa shape index (κ1) is 18.0. The van der Waals surface area contributed by atoms with Crippen molar-refractivity contribution in [3.8, 4) is 11.1 Å². The molecule has 0 fully saturated rings. The van der Waals surface area contributed by atoms with Crippen molar-refractivity contribution >= 4 is 39.0 Å². The molecule has 0 amide bonds. The molecule has 142 valence electrons. The van der Waals surface area contributed by atoms with Crippen molar-refractivity contribution in [3.05, 3.63) is 88.3 Å². The first-order valence-corrected chi connectivity index (χ1v) is 10.6. The predicted octanol–water partition coefficient (Wildman–Crippen LogP) is 4.80. The first-order valence-electron chi connectivity index (χ1n) is 8.77. The molecule has 5 aromatic rings. The lowest BCUT2D eigenvalue weighted by Gasteiger charge is -2.06. The molecule has 0 atom stereocenters. The van der Waals surface area contributed by atoms with E-state index < -0.39 is 0 Å². The lowest BCUT2D eigenvalue weighted by atomic mass is 10.1. The van der Waals surface area contributed by atoms with Crippen LogP contribution in [0.15, 0.2) is 76.3 Å². The number of nitrogens with zero attached hydrogens (tertiary/aromatic N) is 4. The van der Waals surface area contributed by atoms with Gasteiger partial charge in [-0.05, 0) is 29.8 Å². The Morgan fingerprint density at radius 1 is 1.10 bits per heavy atom.